The van der Waals surface area contributed by atoms with Gasteiger partial charge in [-0.2, -0.15) is 0 Å². The Morgan fingerprint density at radius 1 is 1.08 bits per heavy atom. The fourth-order valence-electron chi connectivity index (χ4n) is 4.61. The highest BCUT2D eigenvalue weighted by molar-refractivity contribution is 6.92. The van der Waals surface area contributed by atoms with E-state index in [1.165, 1.54) is 27.8 Å². The van der Waals surface area contributed by atoms with E-state index in [0.29, 0.717) is 6.79 Å². The maximum atomic E-state index is 5.72. The number of rotatable bonds is 2. The van der Waals surface area contributed by atoms with Gasteiger partial charge < -0.3 is 9.47 Å². The van der Waals surface area contributed by atoms with Gasteiger partial charge in [-0.3, -0.25) is 0 Å². The van der Waals surface area contributed by atoms with Gasteiger partial charge in [0, 0.05) is 0 Å². The Morgan fingerprint density at radius 3 is 2.76 bits per heavy atom. The van der Waals surface area contributed by atoms with Crippen molar-refractivity contribution >= 4 is 14.1 Å². The van der Waals surface area contributed by atoms with Gasteiger partial charge in [-0.05, 0) is 53.0 Å². The molecule has 0 amide bonds. The van der Waals surface area contributed by atoms with Crippen LogP contribution in [0.3, 0.4) is 0 Å². The second kappa shape index (κ2) is 5.20. The monoisotopic (exact) mass is 346 g/mol. The minimum atomic E-state index is -1.76. The molecule has 0 saturated carbocycles. The summed E-state index contributed by atoms with van der Waals surface area (Å²) in [5.41, 5.74) is 6.95. The van der Waals surface area contributed by atoms with Gasteiger partial charge in [-0.1, -0.05) is 60.3 Å². The normalized spacial score (nSPS) is 24.0. The van der Waals surface area contributed by atoms with Crippen molar-refractivity contribution < 1.29 is 9.47 Å². The fraction of sp³-hybridized carbons (Fsp3) is 0.273. The molecule has 0 bridgehead atoms. The average Bonchev–Trinajstić information content (AvgIpc) is 3.27. The topological polar surface area (TPSA) is 18.5 Å². The highest BCUT2D eigenvalue weighted by atomic mass is 28.3. The average molecular weight is 347 g/mol. The Hall–Kier alpha value is -2.10. The van der Waals surface area contributed by atoms with E-state index >= 15 is 0 Å². The van der Waals surface area contributed by atoms with E-state index in [-0.39, 0.29) is 6.10 Å². The SMILES string of the molecule is CC1=C([Si](C)(C)C2=Cc3ccccc3C2)C2=CC3OCOC3=CC2=C1. The molecule has 2 nitrogen and oxygen atoms in total. The number of hydrogen-bond acceptors (Lipinski definition) is 2. The molecule has 5 rings (SSSR count). The largest absolute Gasteiger partial charge is 0.469 e. The van der Waals surface area contributed by atoms with Crippen LogP contribution in [0.5, 0.6) is 0 Å². The van der Waals surface area contributed by atoms with Gasteiger partial charge in [0.25, 0.3) is 0 Å². The Morgan fingerprint density at radius 2 is 1.92 bits per heavy atom. The molecule has 4 aliphatic rings. The van der Waals surface area contributed by atoms with E-state index in [1.54, 1.807) is 10.4 Å². The summed E-state index contributed by atoms with van der Waals surface area (Å²) in [7, 11) is -1.76. The molecule has 1 heterocycles. The Balaban J connectivity index is 1.54. The van der Waals surface area contributed by atoms with Crippen molar-refractivity contribution in [3.8, 4) is 0 Å². The summed E-state index contributed by atoms with van der Waals surface area (Å²) in [5, 5.41) is 3.18. The van der Waals surface area contributed by atoms with Gasteiger partial charge in [0.1, 0.15) is 19.9 Å². The van der Waals surface area contributed by atoms with Crippen molar-refractivity contribution in [2.75, 3.05) is 6.79 Å². The van der Waals surface area contributed by atoms with Crippen LogP contribution in [-0.4, -0.2) is 21.0 Å². The van der Waals surface area contributed by atoms with Crippen LogP contribution in [0.2, 0.25) is 13.1 Å². The molecule has 1 unspecified atom stereocenters. The lowest BCUT2D eigenvalue weighted by Gasteiger charge is -2.30. The number of hydrogen-bond donors (Lipinski definition) is 0. The first-order chi connectivity index (χ1) is 12.0. The van der Waals surface area contributed by atoms with E-state index in [9.17, 15) is 0 Å². The van der Waals surface area contributed by atoms with E-state index in [1.807, 2.05) is 0 Å². The Labute approximate surface area is 149 Å². The summed E-state index contributed by atoms with van der Waals surface area (Å²) in [4.78, 5) is 0. The minimum Gasteiger partial charge on any atom is -0.469 e. The maximum absolute atomic E-state index is 5.72. The van der Waals surface area contributed by atoms with Crippen molar-refractivity contribution in [3.63, 3.8) is 0 Å². The predicted molar refractivity (Wildman–Crippen MR) is 103 cm³/mol. The van der Waals surface area contributed by atoms with Crippen molar-refractivity contribution in [1.29, 1.82) is 0 Å². The van der Waals surface area contributed by atoms with E-state index < -0.39 is 8.07 Å². The molecule has 126 valence electrons. The minimum absolute atomic E-state index is 0.00685. The van der Waals surface area contributed by atoms with Crippen LogP contribution < -0.4 is 0 Å². The van der Waals surface area contributed by atoms with E-state index in [4.69, 9.17) is 9.47 Å². The lowest BCUT2D eigenvalue weighted by molar-refractivity contribution is 0.0629. The third kappa shape index (κ3) is 2.19. The number of allylic oxidation sites excluding steroid dienone is 7. The Kier molecular flexibility index (Phi) is 3.15. The quantitative estimate of drug-likeness (QED) is 0.712. The van der Waals surface area contributed by atoms with Crippen molar-refractivity contribution in [1.82, 2.24) is 0 Å². The van der Waals surface area contributed by atoms with Crippen LogP contribution in [0.15, 0.2) is 75.4 Å². The van der Waals surface area contributed by atoms with Crippen LogP contribution in [0.25, 0.3) is 6.08 Å². The van der Waals surface area contributed by atoms with Gasteiger partial charge >= 0.3 is 0 Å². The molecule has 25 heavy (non-hydrogen) atoms. The van der Waals surface area contributed by atoms with E-state index in [2.05, 4.69) is 68.6 Å². The van der Waals surface area contributed by atoms with Crippen LogP contribution in [0.1, 0.15) is 18.1 Å². The molecular formula is C22H22O2Si. The lowest BCUT2D eigenvalue weighted by Crippen LogP contribution is -2.34. The molecule has 0 N–H and O–H groups in total. The first kappa shape index (κ1) is 15.2. The summed E-state index contributed by atoms with van der Waals surface area (Å²) < 4.78 is 11.3. The van der Waals surface area contributed by atoms with Gasteiger partial charge in [-0.15, -0.1) is 0 Å². The molecule has 3 heteroatoms. The molecular weight excluding hydrogens is 324 g/mol. The summed E-state index contributed by atoms with van der Waals surface area (Å²) in [6.07, 6.45) is 10.3. The molecule has 1 aromatic carbocycles. The zero-order valence-corrected chi connectivity index (χ0v) is 15.9. The van der Waals surface area contributed by atoms with Crippen molar-refractivity contribution in [2.24, 2.45) is 0 Å². The third-order valence-corrected chi connectivity index (χ3v) is 9.75. The van der Waals surface area contributed by atoms with Crippen LogP contribution in [0.4, 0.5) is 0 Å². The zero-order chi connectivity index (χ0) is 17.2. The first-order valence-corrected chi connectivity index (χ1v) is 11.9. The maximum Gasteiger partial charge on any atom is 0.189 e. The molecule has 1 aliphatic heterocycles. The summed E-state index contributed by atoms with van der Waals surface area (Å²) in [6, 6.07) is 8.80. The summed E-state index contributed by atoms with van der Waals surface area (Å²) >= 11 is 0. The molecule has 0 spiro atoms. The molecule has 0 radical (unpaired) electrons. The highest BCUT2D eigenvalue weighted by Crippen LogP contribution is 2.46. The third-order valence-electron chi connectivity index (χ3n) is 5.91. The lowest BCUT2D eigenvalue weighted by atomic mass is 10.00. The number of benzene rings is 1. The molecule has 1 aromatic rings. The standard InChI is InChI=1S/C22H22O2Si/c1-14-8-17-11-20-21(24-13-23-20)12-19(17)22(14)25(2,3)18-9-15-6-4-5-7-16(15)10-18/h4-9,11-12,21H,10,13H2,1-3H3. The molecule has 0 aromatic heterocycles. The van der Waals surface area contributed by atoms with Crippen LogP contribution >= 0.6 is 0 Å². The van der Waals surface area contributed by atoms with Crippen molar-refractivity contribution in [2.45, 2.75) is 32.5 Å². The Bertz CT molecular complexity index is 941. The highest BCUT2D eigenvalue weighted by Gasteiger charge is 2.40. The van der Waals surface area contributed by atoms with Gasteiger partial charge in [0.2, 0.25) is 0 Å². The molecule has 3 aliphatic carbocycles. The predicted octanol–water partition coefficient (Wildman–Crippen LogP) is 4.87. The molecule has 1 fully saturated rings. The second-order valence-electron chi connectivity index (χ2n) is 7.80. The summed E-state index contributed by atoms with van der Waals surface area (Å²) in [6.45, 7) is 7.61. The smallest absolute Gasteiger partial charge is 0.189 e. The van der Waals surface area contributed by atoms with Gasteiger partial charge in [-0.25, -0.2) is 0 Å². The number of fused-ring (bicyclic) bond motifs is 3. The van der Waals surface area contributed by atoms with Gasteiger partial charge in [0.05, 0.1) is 0 Å². The van der Waals surface area contributed by atoms with Crippen LogP contribution in [0, 0.1) is 0 Å². The number of ether oxygens (including phenoxy) is 2. The van der Waals surface area contributed by atoms with Gasteiger partial charge in [0.15, 0.2) is 6.79 Å². The first-order valence-electron chi connectivity index (χ1n) is 8.94. The molecule has 1 saturated heterocycles. The van der Waals surface area contributed by atoms with Crippen LogP contribution in [-0.2, 0) is 15.9 Å². The zero-order valence-electron chi connectivity index (χ0n) is 14.9. The fourth-order valence-corrected chi connectivity index (χ4v) is 8.04. The second-order valence-corrected chi connectivity index (χ2v) is 12.2. The molecule has 1 atom stereocenters. The van der Waals surface area contributed by atoms with Crippen molar-refractivity contribution in [3.05, 3.63) is 86.5 Å². The summed E-state index contributed by atoms with van der Waals surface area (Å²) in [5.74, 6) is 0.955. The van der Waals surface area contributed by atoms with E-state index in [0.717, 1.165) is 12.2 Å².